The maximum atomic E-state index is 13.3. The van der Waals surface area contributed by atoms with Crippen LogP contribution >= 0.6 is 11.6 Å². The number of carbonyl (C=O) groups excluding carboxylic acids is 2. The minimum Gasteiger partial charge on any atom is -0.327 e. The van der Waals surface area contributed by atoms with E-state index in [1.165, 1.54) is 24.4 Å². The number of halogens is 2. The molecule has 0 aliphatic carbocycles. The smallest absolute Gasteiger partial charge is 0.182 e. The van der Waals surface area contributed by atoms with E-state index < -0.39 is 5.82 Å². The molecule has 0 radical (unpaired) electrons. The Hall–Kier alpha value is -2.79. The Morgan fingerprint density at radius 2 is 1.76 bits per heavy atom. The van der Waals surface area contributed by atoms with Crippen LogP contribution < -0.4 is 0 Å². The summed E-state index contributed by atoms with van der Waals surface area (Å²) in [5.41, 5.74) is 0.763. The molecule has 6 heteroatoms. The second kappa shape index (κ2) is 7.40. The van der Waals surface area contributed by atoms with Gasteiger partial charge in [0.15, 0.2) is 11.6 Å². The van der Waals surface area contributed by atoms with Gasteiger partial charge in [0.2, 0.25) is 0 Å². The van der Waals surface area contributed by atoms with Crippen LogP contribution in [0.4, 0.5) is 4.39 Å². The average Bonchev–Trinajstić information content (AvgIpc) is 3.01. The number of ketones is 2. The van der Waals surface area contributed by atoms with Crippen LogP contribution in [0.5, 0.6) is 0 Å². The minimum atomic E-state index is -0.465. The number of benzene rings is 2. The zero-order valence-electron chi connectivity index (χ0n) is 13.2. The number of imidazole rings is 1. The van der Waals surface area contributed by atoms with E-state index in [0.29, 0.717) is 16.4 Å². The largest absolute Gasteiger partial charge is 0.327 e. The molecule has 3 rings (SSSR count). The SMILES string of the molecule is O=C(Cc1nccn1CC(=O)c1cccc(F)c1)c1cccc(Cl)c1. The molecule has 0 aliphatic rings. The van der Waals surface area contributed by atoms with Crippen molar-refractivity contribution in [1.82, 2.24) is 9.55 Å². The molecular weight excluding hydrogens is 343 g/mol. The lowest BCUT2D eigenvalue weighted by molar-refractivity contribution is 0.0957. The van der Waals surface area contributed by atoms with E-state index in [2.05, 4.69) is 4.98 Å². The molecular formula is C19H14ClFN2O2. The Morgan fingerprint density at radius 3 is 2.48 bits per heavy atom. The third-order valence-corrected chi connectivity index (χ3v) is 3.96. The Morgan fingerprint density at radius 1 is 1.04 bits per heavy atom. The molecule has 0 amide bonds. The molecule has 25 heavy (non-hydrogen) atoms. The van der Waals surface area contributed by atoms with Crippen molar-refractivity contribution in [2.45, 2.75) is 13.0 Å². The van der Waals surface area contributed by atoms with Crippen LogP contribution in [0.15, 0.2) is 60.9 Å². The van der Waals surface area contributed by atoms with Crippen LogP contribution in [-0.4, -0.2) is 21.1 Å². The van der Waals surface area contributed by atoms with E-state index in [0.717, 1.165) is 0 Å². The molecule has 2 aromatic carbocycles. The predicted molar refractivity (Wildman–Crippen MR) is 92.4 cm³/mol. The zero-order valence-corrected chi connectivity index (χ0v) is 13.9. The molecule has 0 fully saturated rings. The number of carbonyl (C=O) groups is 2. The second-order valence-electron chi connectivity index (χ2n) is 5.52. The monoisotopic (exact) mass is 356 g/mol. The van der Waals surface area contributed by atoms with Gasteiger partial charge >= 0.3 is 0 Å². The molecule has 0 bridgehead atoms. The molecule has 1 aromatic heterocycles. The fourth-order valence-corrected chi connectivity index (χ4v) is 2.66. The van der Waals surface area contributed by atoms with Crippen LogP contribution in [0.3, 0.4) is 0 Å². The van der Waals surface area contributed by atoms with Crippen molar-refractivity contribution in [3.8, 4) is 0 Å². The molecule has 0 N–H and O–H groups in total. The number of hydrogen-bond donors (Lipinski definition) is 0. The summed E-state index contributed by atoms with van der Waals surface area (Å²) in [6, 6.07) is 12.2. The topological polar surface area (TPSA) is 52.0 Å². The second-order valence-corrected chi connectivity index (χ2v) is 5.95. The Kier molecular flexibility index (Phi) is 5.05. The van der Waals surface area contributed by atoms with Crippen molar-refractivity contribution < 1.29 is 14.0 Å². The number of nitrogens with zero attached hydrogens (tertiary/aromatic N) is 2. The van der Waals surface area contributed by atoms with Crippen molar-refractivity contribution in [2.24, 2.45) is 0 Å². The summed E-state index contributed by atoms with van der Waals surface area (Å²) in [4.78, 5) is 28.8. The van der Waals surface area contributed by atoms with E-state index in [1.54, 1.807) is 41.1 Å². The highest BCUT2D eigenvalue weighted by atomic mass is 35.5. The summed E-state index contributed by atoms with van der Waals surface area (Å²) in [6.45, 7) is -0.0123. The Labute approximate surface area is 148 Å². The van der Waals surface area contributed by atoms with E-state index in [9.17, 15) is 14.0 Å². The Balaban J connectivity index is 1.74. The zero-order chi connectivity index (χ0) is 17.8. The third kappa shape index (κ3) is 4.19. The standard InChI is InChI=1S/C19H14ClFN2O2/c20-15-5-1-3-13(9-15)17(24)11-19-22-7-8-23(19)12-18(25)14-4-2-6-16(21)10-14/h1-10H,11-12H2. The van der Waals surface area contributed by atoms with Gasteiger partial charge in [0, 0.05) is 28.5 Å². The molecule has 0 spiro atoms. The van der Waals surface area contributed by atoms with Crippen LogP contribution in [-0.2, 0) is 13.0 Å². The van der Waals surface area contributed by atoms with Crippen LogP contribution in [0.25, 0.3) is 0 Å². The van der Waals surface area contributed by atoms with Gasteiger partial charge in [-0.25, -0.2) is 9.37 Å². The average molecular weight is 357 g/mol. The molecule has 3 aromatic rings. The van der Waals surface area contributed by atoms with Gasteiger partial charge in [0.05, 0.1) is 13.0 Å². The number of Topliss-reactive ketones (excluding diaryl/α,β-unsaturated/α-hetero) is 2. The highest BCUT2D eigenvalue weighted by Gasteiger charge is 2.14. The summed E-state index contributed by atoms with van der Waals surface area (Å²) in [5.74, 6) is -0.398. The maximum Gasteiger partial charge on any atom is 0.182 e. The van der Waals surface area contributed by atoms with Crippen LogP contribution in [0.1, 0.15) is 26.5 Å². The third-order valence-electron chi connectivity index (χ3n) is 3.73. The molecule has 0 saturated carbocycles. The van der Waals surface area contributed by atoms with E-state index >= 15 is 0 Å². The van der Waals surface area contributed by atoms with Crippen molar-refractivity contribution in [1.29, 1.82) is 0 Å². The van der Waals surface area contributed by atoms with Gasteiger partial charge in [0.1, 0.15) is 11.6 Å². The van der Waals surface area contributed by atoms with Crippen molar-refractivity contribution >= 4 is 23.2 Å². The summed E-state index contributed by atoms with van der Waals surface area (Å²) in [5, 5.41) is 0.482. The minimum absolute atomic E-state index is 0.0123. The summed E-state index contributed by atoms with van der Waals surface area (Å²) in [6.07, 6.45) is 3.20. The molecule has 1 heterocycles. The number of hydrogen-bond acceptors (Lipinski definition) is 3. The number of aromatic nitrogens is 2. The molecule has 0 unspecified atom stereocenters. The summed E-state index contributed by atoms with van der Waals surface area (Å²) in [7, 11) is 0. The van der Waals surface area contributed by atoms with Gasteiger partial charge in [-0.05, 0) is 24.3 Å². The van der Waals surface area contributed by atoms with Gasteiger partial charge in [0.25, 0.3) is 0 Å². The first kappa shape index (κ1) is 17.0. The van der Waals surface area contributed by atoms with Gasteiger partial charge in [-0.3, -0.25) is 9.59 Å². The highest BCUT2D eigenvalue weighted by Crippen LogP contribution is 2.14. The lowest BCUT2D eigenvalue weighted by Gasteiger charge is -2.07. The van der Waals surface area contributed by atoms with Gasteiger partial charge < -0.3 is 4.57 Å². The molecule has 126 valence electrons. The maximum absolute atomic E-state index is 13.3. The first-order chi connectivity index (χ1) is 12.0. The van der Waals surface area contributed by atoms with Crippen LogP contribution in [0, 0.1) is 5.82 Å². The Bertz CT molecular complexity index is 862. The van der Waals surface area contributed by atoms with Crippen molar-refractivity contribution in [3.05, 3.63) is 88.7 Å². The van der Waals surface area contributed by atoms with Crippen molar-refractivity contribution in [2.75, 3.05) is 0 Å². The predicted octanol–water partition coefficient (Wildman–Crippen LogP) is 3.98. The quantitative estimate of drug-likeness (QED) is 0.628. The van der Waals surface area contributed by atoms with E-state index in [4.69, 9.17) is 11.6 Å². The number of rotatable bonds is 6. The summed E-state index contributed by atoms with van der Waals surface area (Å²) < 4.78 is 14.8. The molecule has 4 nitrogen and oxygen atoms in total. The molecule has 0 aliphatic heterocycles. The van der Waals surface area contributed by atoms with Gasteiger partial charge in [-0.2, -0.15) is 0 Å². The highest BCUT2D eigenvalue weighted by molar-refractivity contribution is 6.31. The molecule has 0 saturated heterocycles. The van der Waals surface area contributed by atoms with Crippen LogP contribution in [0.2, 0.25) is 5.02 Å². The first-order valence-corrected chi connectivity index (χ1v) is 7.98. The lowest BCUT2D eigenvalue weighted by atomic mass is 10.1. The van der Waals surface area contributed by atoms with E-state index in [-0.39, 0.29) is 30.1 Å². The first-order valence-electron chi connectivity index (χ1n) is 7.60. The molecule has 0 atom stereocenters. The fourth-order valence-electron chi connectivity index (χ4n) is 2.47. The van der Waals surface area contributed by atoms with Gasteiger partial charge in [-0.1, -0.05) is 35.9 Å². The van der Waals surface area contributed by atoms with Crippen molar-refractivity contribution in [3.63, 3.8) is 0 Å². The van der Waals surface area contributed by atoms with E-state index in [1.807, 2.05) is 0 Å². The lowest BCUT2D eigenvalue weighted by Crippen LogP contribution is -2.15. The summed E-state index contributed by atoms with van der Waals surface area (Å²) >= 11 is 5.90. The van der Waals surface area contributed by atoms with Gasteiger partial charge in [-0.15, -0.1) is 0 Å². The fraction of sp³-hybridized carbons (Fsp3) is 0.105. The normalized spacial score (nSPS) is 10.6.